The van der Waals surface area contributed by atoms with Crippen molar-refractivity contribution in [1.82, 2.24) is 34.3 Å². The molecule has 1 aliphatic heterocycles. The molecular weight excluding hydrogens is 392 g/mol. The van der Waals surface area contributed by atoms with E-state index < -0.39 is 0 Å². The van der Waals surface area contributed by atoms with Gasteiger partial charge in [0.2, 0.25) is 5.91 Å². The Morgan fingerprint density at radius 1 is 1.13 bits per heavy atom. The summed E-state index contributed by atoms with van der Waals surface area (Å²) in [6.07, 6.45) is 2.80. The van der Waals surface area contributed by atoms with E-state index in [4.69, 9.17) is 0 Å². The van der Waals surface area contributed by atoms with Gasteiger partial charge in [-0.15, -0.1) is 0 Å². The van der Waals surface area contributed by atoms with Gasteiger partial charge >= 0.3 is 0 Å². The molecule has 1 aliphatic rings. The first kappa shape index (κ1) is 21.3. The molecule has 1 saturated heterocycles. The smallest absolute Gasteiger partial charge is 0.254 e. The number of carbonyl (C=O) groups excluding carboxylic acids is 1. The SMILES string of the molecule is Cc1cc(N2CCN(C(=O)CCc3c(C)nn(CC(C)C)c3C)CC2)n2ncnc2n1. The van der Waals surface area contributed by atoms with Gasteiger partial charge in [0, 0.05) is 56.6 Å². The van der Waals surface area contributed by atoms with Crippen molar-refractivity contribution in [2.75, 3.05) is 31.1 Å². The Kier molecular flexibility index (Phi) is 5.93. The van der Waals surface area contributed by atoms with E-state index in [1.807, 2.05) is 24.8 Å². The molecule has 0 saturated carbocycles. The summed E-state index contributed by atoms with van der Waals surface area (Å²) in [5.74, 6) is 2.35. The third-order valence-corrected chi connectivity index (χ3v) is 5.98. The molecule has 31 heavy (non-hydrogen) atoms. The van der Waals surface area contributed by atoms with E-state index in [0.29, 0.717) is 31.2 Å². The van der Waals surface area contributed by atoms with Crippen molar-refractivity contribution in [2.45, 2.75) is 54.0 Å². The summed E-state index contributed by atoms with van der Waals surface area (Å²) in [5, 5.41) is 8.98. The maximum absolute atomic E-state index is 12.9. The molecule has 3 aromatic heterocycles. The Morgan fingerprint density at radius 3 is 2.58 bits per heavy atom. The molecule has 1 fully saturated rings. The van der Waals surface area contributed by atoms with Crippen LogP contribution in [0.15, 0.2) is 12.4 Å². The molecule has 0 unspecified atom stereocenters. The van der Waals surface area contributed by atoms with Crippen molar-refractivity contribution in [3.05, 3.63) is 35.0 Å². The van der Waals surface area contributed by atoms with Crippen LogP contribution in [0.4, 0.5) is 5.82 Å². The molecule has 0 bridgehead atoms. The first-order chi connectivity index (χ1) is 14.8. The summed E-state index contributed by atoms with van der Waals surface area (Å²) in [5.41, 5.74) is 4.36. The molecule has 9 heteroatoms. The predicted octanol–water partition coefficient (Wildman–Crippen LogP) is 2.18. The summed E-state index contributed by atoms with van der Waals surface area (Å²) in [6, 6.07) is 2.03. The number of amides is 1. The minimum absolute atomic E-state index is 0.215. The first-order valence-electron chi connectivity index (χ1n) is 11.1. The minimum Gasteiger partial charge on any atom is -0.353 e. The zero-order chi connectivity index (χ0) is 22.1. The van der Waals surface area contributed by atoms with Gasteiger partial charge in [-0.1, -0.05) is 13.8 Å². The van der Waals surface area contributed by atoms with E-state index in [0.717, 1.165) is 43.3 Å². The van der Waals surface area contributed by atoms with Crippen molar-refractivity contribution in [1.29, 1.82) is 0 Å². The van der Waals surface area contributed by atoms with E-state index in [-0.39, 0.29) is 5.91 Å². The van der Waals surface area contributed by atoms with Crippen LogP contribution < -0.4 is 4.90 Å². The van der Waals surface area contributed by atoms with Gasteiger partial charge in [0.25, 0.3) is 5.78 Å². The molecule has 4 rings (SSSR count). The molecule has 0 radical (unpaired) electrons. The zero-order valence-electron chi connectivity index (χ0n) is 19.2. The summed E-state index contributed by atoms with van der Waals surface area (Å²) >= 11 is 0. The third kappa shape index (κ3) is 4.40. The van der Waals surface area contributed by atoms with E-state index in [2.05, 4.69) is 50.5 Å². The van der Waals surface area contributed by atoms with Gasteiger partial charge in [0.05, 0.1) is 5.69 Å². The van der Waals surface area contributed by atoms with Gasteiger partial charge in [-0.25, -0.2) is 4.98 Å². The molecular formula is C22H32N8O. The van der Waals surface area contributed by atoms with Crippen molar-refractivity contribution in [3.63, 3.8) is 0 Å². The normalized spacial score (nSPS) is 14.8. The van der Waals surface area contributed by atoms with Crippen LogP contribution in [0.1, 0.15) is 42.9 Å². The molecule has 0 aromatic carbocycles. The van der Waals surface area contributed by atoms with Gasteiger partial charge in [0.1, 0.15) is 12.1 Å². The van der Waals surface area contributed by atoms with Gasteiger partial charge in [0.15, 0.2) is 0 Å². The lowest BCUT2D eigenvalue weighted by Gasteiger charge is -2.36. The highest BCUT2D eigenvalue weighted by molar-refractivity contribution is 5.77. The molecule has 9 nitrogen and oxygen atoms in total. The zero-order valence-corrected chi connectivity index (χ0v) is 19.2. The second-order valence-corrected chi connectivity index (χ2v) is 8.82. The van der Waals surface area contributed by atoms with Crippen molar-refractivity contribution >= 4 is 17.5 Å². The van der Waals surface area contributed by atoms with Crippen LogP contribution in [0.2, 0.25) is 0 Å². The van der Waals surface area contributed by atoms with Gasteiger partial charge < -0.3 is 9.80 Å². The Hall–Kier alpha value is -2.97. The van der Waals surface area contributed by atoms with Crippen LogP contribution in [0.5, 0.6) is 0 Å². The quantitative estimate of drug-likeness (QED) is 0.603. The standard InChI is InChI=1S/C22H32N8O/c1-15(2)13-29-18(5)19(17(4)26-29)6-7-21(31)28-10-8-27(9-11-28)20-12-16(3)25-22-23-14-24-30(20)22/h12,14-15H,6-11,13H2,1-5H3. The molecule has 0 atom stereocenters. The molecule has 4 heterocycles. The highest BCUT2D eigenvalue weighted by Crippen LogP contribution is 2.20. The lowest BCUT2D eigenvalue weighted by atomic mass is 10.1. The monoisotopic (exact) mass is 424 g/mol. The third-order valence-electron chi connectivity index (χ3n) is 5.98. The molecule has 0 N–H and O–H groups in total. The molecule has 0 spiro atoms. The van der Waals surface area contributed by atoms with Crippen LogP contribution in [0.25, 0.3) is 5.78 Å². The molecule has 1 amide bonds. The molecule has 0 aliphatic carbocycles. The number of piperazine rings is 1. The van der Waals surface area contributed by atoms with Crippen LogP contribution in [0.3, 0.4) is 0 Å². The number of hydrogen-bond acceptors (Lipinski definition) is 6. The highest BCUT2D eigenvalue weighted by Gasteiger charge is 2.24. The average molecular weight is 425 g/mol. The maximum Gasteiger partial charge on any atom is 0.254 e. The number of fused-ring (bicyclic) bond motifs is 1. The maximum atomic E-state index is 12.9. The fourth-order valence-corrected chi connectivity index (χ4v) is 4.33. The van der Waals surface area contributed by atoms with Crippen molar-refractivity contribution in [3.8, 4) is 0 Å². The first-order valence-corrected chi connectivity index (χ1v) is 11.1. The van der Waals surface area contributed by atoms with Crippen LogP contribution in [0, 0.1) is 26.7 Å². The fraction of sp³-hybridized carbons (Fsp3) is 0.591. The fourth-order valence-electron chi connectivity index (χ4n) is 4.33. The lowest BCUT2D eigenvalue weighted by molar-refractivity contribution is -0.131. The summed E-state index contributed by atoms with van der Waals surface area (Å²) in [4.78, 5) is 25.7. The number of hydrogen-bond donors (Lipinski definition) is 0. The summed E-state index contributed by atoms with van der Waals surface area (Å²) in [7, 11) is 0. The Balaban J connectivity index is 1.36. The second-order valence-electron chi connectivity index (χ2n) is 8.82. The number of carbonyl (C=O) groups is 1. The Bertz CT molecular complexity index is 1070. The summed E-state index contributed by atoms with van der Waals surface area (Å²) in [6.45, 7) is 14.4. The van der Waals surface area contributed by atoms with Gasteiger partial charge in [-0.2, -0.15) is 19.7 Å². The number of rotatable bonds is 6. The Morgan fingerprint density at radius 2 is 1.87 bits per heavy atom. The topological polar surface area (TPSA) is 84.5 Å². The number of aromatic nitrogens is 6. The highest BCUT2D eigenvalue weighted by atomic mass is 16.2. The van der Waals surface area contributed by atoms with Crippen LogP contribution in [-0.4, -0.2) is 66.3 Å². The minimum atomic E-state index is 0.215. The van der Waals surface area contributed by atoms with Crippen LogP contribution >= 0.6 is 0 Å². The van der Waals surface area contributed by atoms with Crippen LogP contribution in [-0.2, 0) is 17.8 Å². The lowest BCUT2D eigenvalue weighted by Crippen LogP contribution is -2.49. The van der Waals surface area contributed by atoms with Crippen molar-refractivity contribution < 1.29 is 4.79 Å². The van der Waals surface area contributed by atoms with Gasteiger partial charge in [-0.05, 0) is 38.7 Å². The molecule has 166 valence electrons. The largest absolute Gasteiger partial charge is 0.353 e. The van der Waals surface area contributed by atoms with E-state index in [9.17, 15) is 4.79 Å². The Labute approximate surface area is 183 Å². The summed E-state index contributed by atoms with van der Waals surface area (Å²) < 4.78 is 3.85. The predicted molar refractivity (Wildman–Crippen MR) is 119 cm³/mol. The molecule has 3 aromatic rings. The number of anilines is 1. The number of aryl methyl sites for hydroxylation is 2. The van der Waals surface area contributed by atoms with Crippen molar-refractivity contribution in [2.24, 2.45) is 5.92 Å². The van der Waals surface area contributed by atoms with E-state index >= 15 is 0 Å². The second kappa shape index (κ2) is 8.64. The van der Waals surface area contributed by atoms with E-state index in [1.54, 1.807) is 4.52 Å². The number of nitrogens with zero attached hydrogens (tertiary/aromatic N) is 8. The van der Waals surface area contributed by atoms with Gasteiger partial charge in [-0.3, -0.25) is 9.48 Å². The average Bonchev–Trinajstić information content (AvgIpc) is 3.30. The van der Waals surface area contributed by atoms with E-state index in [1.165, 1.54) is 17.6 Å².